The zero-order valence-corrected chi connectivity index (χ0v) is 18.7. The molecule has 0 bridgehead atoms. The highest BCUT2D eigenvalue weighted by molar-refractivity contribution is 6.50. The molecule has 0 radical (unpaired) electrons. The maximum Gasteiger partial charge on any atom is 0.416 e. The van der Waals surface area contributed by atoms with Crippen LogP contribution in [0.15, 0.2) is 53.3 Å². The number of aromatic nitrogens is 1. The molecule has 6 rings (SSSR count). The highest BCUT2D eigenvalue weighted by atomic mass is 19.4. The lowest BCUT2D eigenvalue weighted by atomic mass is 9.94. The number of furan rings is 1. The molecule has 184 valence electrons. The van der Waals surface area contributed by atoms with Crippen molar-refractivity contribution in [2.45, 2.75) is 25.1 Å². The molecule has 0 unspecified atom stereocenters. The van der Waals surface area contributed by atoms with Crippen LogP contribution in [0, 0.1) is 5.82 Å². The summed E-state index contributed by atoms with van der Waals surface area (Å²) in [7, 11) is 0. The first kappa shape index (κ1) is 22.5. The van der Waals surface area contributed by atoms with E-state index in [1.165, 1.54) is 18.4 Å². The topological polar surface area (TPSA) is 76.3 Å². The second kappa shape index (κ2) is 8.06. The number of carbonyl (C=O) groups excluding carboxylic acids is 2. The first-order valence-corrected chi connectivity index (χ1v) is 11.4. The van der Waals surface area contributed by atoms with E-state index in [-0.39, 0.29) is 39.3 Å². The van der Waals surface area contributed by atoms with Crippen molar-refractivity contribution >= 4 is 44.8 Å². The minimum absolute atomic E-state index is 0.0197. The fourth-order valence-corrected chi connectivity index (χ4v) is 5.21. The van der Waals surface area contributed by atoms with E-state index in [0.717, 1.165) is 44.1 Å². The van der Waals surface area contributed by atoms with Crippen molar-refractivity contribution in [3.63, 3.8) is 0 Å². The van der Waals surface area contributed by atoms with E-state index >= 15 is 4.39 Å². The van der Waals surface area contributed by atoms with Crippen molar-refractivity contribution in [1.82, 2.24) is 15.2 Å². The molecule has 2 N–H and O–H groups in total. The number of nitrogens with zero attached hydrogens (tertiary/aromatic N) is 1. The lowest BCUT2D eigenvalue weighted by molar-refractivity contribution is -0.137. The number of benzene rings is 2. The van der Waals surface area contributed by atoms with Crippen LogP contribution >= 0.6 is 0 Å². The number of hydrogen-bond donors (Lipinski definition) is 2. The molecule has 6 nitrogen and oxygen atoms in total. The Hall–Kier alpha value is -3.92. The molecule has 10 heteroatoms. The summed E-state index contributed by atoms with van der Waals surface area (Å²) < 4.78 is 63.3. The van der Waals surface area contributed by atoms with Crippen molar-refractivity contribution in [3.8, 4) is 0 Å². The van der Waals surface area contributed by atoms with Gasteiger partial charge in [-0.25, -0.2) is 4.39 Å². The molecule has 4 aromatic rings. The van der Waals surface area contributed by atoms with Gasteiger partial charge in [0, 0.05) is 34.1 Å². The number of imide groups is 1. The number of piperidine rings is 1. The standard InChI is InChI=1S/C26H19F4N3O3/c27-18-3-1-13-7-10-36-23(13)21(18)22-20(24(34)32-25(22)35)17-12-33(15-5-8-31-9-6-15)19-4-2-14(11-16(17)19)26(28,29)30/h1-4,7,10-12,15,31H,5-6,8-9H2,(H,32,34,35). The fourth-order valence-electron chi connectivity index (χ4n) is 5.21. The summed E-state index contributed by atoms with van der Waals surface area (Å²) in [5.74, 6) is -2.43. The molecule has 0 saturated carbocycles. The highest BCUT2D eigenvalue weighted by Gasteiger charge is 2.38. The van der Waals surface area contributed by atoms with Crippen LogP contribution in [-0.2, 0) is 15.8 Å². The normalized spacial score (nSPS) is 17.6. The molecule has 1 fully saturated rings. The molecule has 2 aliphatic rings. The SMILES string of the molecule is O=C1NC(=O)C(c2c(F)ccc3ccoc23)=C1c1cn(C2CCNCC2)c2ccc(C(F)(F)F)cc12. The number of hydrogen-bond acceptors (Lipinski definition) is 4. The summed E-state index contributed by atoms with van der Waals surface area (Å²) in [5, 5.41) is 6.12. The van der Waals surface area contributed by atoms with Gasteiger partial charge in [-0.3, -0.25) is 14.9 Å². The Morgan fingerprint density at radius 1 is 0.972 bits per heavy atom. The Kier molecular flexibility index (Phi) is 5.04. The van der Waals surface area contributed by atoms with Gasteiger partial charge in [0.2, 0.25) is 0 Å². The molecule has 2 aromatic carbocycles. The van der Waals surface area contributed by atoms with Gasteiger partial charge in [-0.15, -0.1) is 0 Å². The average molecular weight is 497 g/mol. The first-order chi connectivity index (χ1) is 17.2. The van der Waals surface area contributed by atoms with E-state index in [1.807, 2.05) is 4.57 Å². The van der Waals surface area contributed by atoms with Gasteiger partial charge >= 0.3 is 6.18 Å². The van der Waals surface area contributed by atoms with E-state index in [0.29, 0.717) is 10.9 Å². The Labute approximate surface area is 201 Å². The molecule has 2 aromatic heterocycles. The monoisotopic (exact) mass is 497 g/mol. The fraction of sp³-hybridized carbons (Fsp3) is 0.231. The predicted molar refractivity (Wildman–Crippen MR) is 124 cm³/mol. The number of halogens is 4. The Morgan fingerprint density at radius 2 is 1.72 bits per heavy atom. The molecule has 0 aliphatic carbocycles. The second-order valence-electron chi connectivity index (χ2n) is 8.96. The van der Waals surface area contributed by atoms with Crippen molar-refractivity contribution in [2.75, 3.05) is 13.1 Å². The van der Waals surface area contributed by atoms with Gasteiger partial charge in [-0.2, -0.15) is 13.2 Å². The number of rotatable bonds is 3. The quantitative estimate of drug-likeness (QED) is 0.307. The molecule has 2 amide bonds. The number of alkyl halides is 3. The summed E-state index contributed by atoms with van der Waals surface area (Å²) in [5.41, 5.74) is -0.822. The van der Waals surface area contributed by atoms with Crippen LogP contribution in [0.5, 0.6) is 0 Å². The number of carbonyl (C=O) groups is 2. The summed E-state index contributed by atoms with van der Waals surface area (Å²) in [6.45, 7) is 1.47. The molecule has 2 aliphatic heterocycles. The summed E-state index contributed by atoms with van der Waals surface area (Å²) >= 11 is 0. The van der Waals surface area contributed by atoms with Crippen molar-refractivity contribution in [3.05, 3.63) is 71.4 Å². The summed E-state index contributed by atoms with van der Waals surface area (Å²) in [4.78, 5) is 26.0. The lowest BCUT2D eigenvalue weighted by Crippen LogP contribution is -2.29. The van der Waals surface area contributed by atoms with Crippen LogP contribution < -0.4 is 10.6 Å². The van der Waals surface area contributed by atoms with E-state index in [1.54, 1.807) is 12.3 Å². The zero-order valence-electron chi connectivity index (χ0n) is 18.7. The van der Waals surface area contributed by atoms with Crippen molar-refractivity contribution in [2.24, 2.45) is 0 Å². The van der Waals surface area contributed by atoms with Gasteiger partial charge in [0.25, 0.3) is 11.8 Å². The lowest BCUT2D eigenvalue weighted by Gasteiger charge is -2.25. The van der Waals surface area contributed by atoms with Gasteiger partial charge in [0.05, 0.1) is 28.5 Å². The Morgan fingerprint density at radius 3 is 2.47 bits per heavy atom. The van der Waals surface area contributed by atoms with E-state index < -0.39 is 29.4 Å². The van der Waals surface area contributed by atoms with Crippen LogP contribution in [-0.4, -0.2) is 29.5 Å². The van der Waals surface area contributed by atoms with Crippen molar-refractivity contribution in [1.29, 1.82) is 0 Å². The highest BCUT2D eigenvalue weighted by Crippen LogP contribution is 2.42. The Bertz CT molecular complexity index is 1590. The molecule has 4 heterocycles. The number of fused-ring (bicyclic) bond motifs is 2. The maximum absolute atomic E-state index is 15.1. The number of nitrogens with one attached hydrogen (secondary N) is 2. The van der Waals surface area contributed by atoms with E-state index in [2.05, 4.69) is 10.6 Å². The predicted octanol–water partition coefficient (Wildman–Crippen LogP) is 5.04. The largest absolute Gasteiger partial charge is 0.464 e. The molecule has 36 heavy (non-hydrogen) atoms. The Balaban J connectivity index is 1.68. The van der Waals surface area contributed by atoms with Gasteiger partial charge in [0.1, 0.15) is 11.4 Å². The minimum atomic E-state index is -4.61. The van der Waals surface area contributed by atoms with Gasteiger partial charge in [-0.1, -0.05) is 0 Å². The first-order valence-electron chi connectivity index (χ1n) is 11.4. The summed E-state index contributed by atoms with van der Waals surface area (Å²) in [6, 6.07) is 7.57. The molecule has 0 atom stereocenters. The van der Waals surface area contributed by atoms with Crippen LogP contribution in [0.25, 0.3) is 33.0 Å². The smallest absolute Gasteiger partial charge is 0.416 e. The second-order valence-corrected chi connectivity index (χ2v) is 8.96. The third-order valence-electron chi connectivity index (χ3n) is 6.88. The maximum atomic E-state index is 15.1. The average Bonchev–Trinajstić information content (AvgIpc) is 3.54. The van der Waals surface area contributed by atoms with Gasteiger partial charge in [-0.05, 0) is 62.3 Å². The third kappa shape index (κ3) is 3.43. The van der Waals surface area contributed by atoms with Crippen molar-refractivity contribution < 1.29 is 31.6 Å². The number of amides is 2. The minimum Gasteiger partial charge on any atom is -0.464 e. The molecule has 0 spiro atoms. The molecule has 1 saturated heterocycles. The van der Waals surface area contributed by atoms with E-state index in [9.17, 15) is 22.8 Å². The van der Waals surface area contributed by atoms with Crippen LogP contribution in [0.4, 0.5) is 17.6 Å². The molecular weight excluding hydrogens is 478 g/mol. The zero-order chi connectivity index (χ0) is 25.2. The van der Waals surface area contributed by atoms with Crippen LogP contribution in [0.3, 0.4) is 0 Å². The van der Waals surface area contributed by atoms with Crippen LogP contribution in [0.1, 0.15) is 35.6 Å². The molecular formula is C26H19F4N3O3. The van der Waals surface area contributed by atoms with Gasteiger partial charge in [0.15, 0.2) is 0 Å². The van der Waals surface area contributed by atoms with E-state index in [4.69, 9.17) is 4.42 Å². The van der Waals surface area contributed by atoms with Gasteiger partial charge < -0.3 is 14.3 Å². The third-order valence-corrected chi connectivity index (χ3v) is 6.88. The van der Waals surface area contributed by atoms with Crippen LogP contribution in [0.2, 0.25) is 0 Å². The summed E-state index contributed by atoms with van der Waals surface area (Å²) in [6.07, 6.45) is -0.196.